The monoisotopic (exact) mass is 392 g/mol. The van der Waals surface area contributed by atoms with Gasteiger partial charge in [0.05, 0.1) is 12.0 Å². The molecule has 2 aromatic rings. The number of methoxy groups -OCH3 is 1. The Bertz CT molecular complexity index is 879. The van der Waals surface area contributed by atoms with Gasteiger partial charge in [0.1, 0.15) is 11.6 Å². The highest BCUT2D eigenvalue weighted by Crippen LogP contribution is 2.27. The van der Waals surface area contributed by atoms with Crippen LogP contribution in [0.2, 0.25) is 0 Å². The quantitative estimate of drug-likeness (QED) is 0.786. The molecule has 0 saturated carbocycles. The van der Waals surface area contributed by atoms with Gasteiger partial charge < -0.3 is 4.74 Å². The molecule has 0 radical (unpaired) electrons. The second-order valence-electron chi connectivity index (χ2n) is 6.79. The molecule has 1 aliphatic heterocycles. The van der Waals surface area contributed by atoms with Crippen LogP contribution in [0, 0.1) is 12.7 Å². The number of nitrogens with one attached hydrogen (secondary N) is 1. The number of nitrogens with zero attached hydrogens (tertiary/aromatic N) is 1. The zero-order chi connectivity index (χ0) is 19.4. The maximum Gasteiger partial charge on any atom is 0.240 e. The van der Waals surface area contributed by atoms with E-state index in [1.807, 2.05) is 24.3 Å². The summed E-state index contributed by atoms with van der Waals surface area (Å²) in [5.74, 6) is 0.196. The number of benzene rings is 2. The third-order valence-corrected chi connectivity index (χ3v) is 6.55. The molecule has 0 aliphatic carbocycles. The molecule has 1 heterocycles. The minimum absolute atomic E-state index is 0.0163. The SMILES string of the molecule is COc1ccc(C(CNS(=O)(=O)c2cc(F)ccc2C)N2CCCC2)cc1. The second kappa shape index (κ2) is 8.37. The maximum absolute atomic E-state index is 13.5. The lowest BCUT2D eigenvalue weighted by molar-refractivity contribution is 0.246. The van der Waals surface area contributed by atoms with Crippen LogP contribution in [0.4, 0.5) is 4.39 Å². The highest BCUT2D eigenvalue weighted by molar-refractivity contribution is 7.89. The summed E-state index contributed by atoms with van der Waals surface area (Å²) < 4.78 is 46.9. The molecule has 2 aromatic carbocycles. The molecule has 1 saturated heterocycles. The van der Waals surface area contributed by atoms with Crippen LogP contribution in [0.5, 0.6) is 5.75 Å². The van der Waals surface area contributed by atoms with Gasteiger partial charge in [-0.2, -0.15) is 0 Å². The fourth-order valence-corrected chi connectivity index (χ4v) is 4.76. The first-order valence-corrected chi connectivity index (χ1v) is 10.5. The van der Waals surface area contributed by atoms with Crippen molar-refractivity contribution < 1.29 is 17.5 Å². The Labute approximate surface area is 160 Å². The minimum Gasteiger partial charge on any atom is -0.497 e. The number of halogens is 1. The summed E-state index contributed by atoms with van der Waals surface area (Å²) in [6.07, 6.45) is 2.20. The van der Waals surface area contributed by atoms with E-state index in [1.54, 1.807) is 14.0 Å². The maximum atomic E-state index is 13.5. The van der Waals surface area contributed by atoms with E-state index in [4.69, 9.17) is 4.74 Å². The van der Waals surface area contributed by atoms with Crippen LogP contribution in [-0.2, 0) is 10.0 Å². The Hall–Kier alpha value is -1.96. The Morgan fingerprint density at radius 3 is 2.44 bits per heavy atom. The minimum atomic E-state index is -3.80. The summed E-state index contributed by atoms with van der Waals surface area (Å²) in [4.78, 5) is 2.26. The average Bonchev–Trinajstić information content (AvgIpc) is 3.18. The van der Waals surface area contributed by atoms with Gasteiger partial charge in [0, 0.05) is 12.6 Å². The van der Waals surface area contributed by atoms with Crippen molar-refractivity contribution in [1.29, 1.82) is 0 Å². The Morgan fingerprint density at radius 1 is 1.15 bits per heavy atom. The Balaban J connectivity index is 1.82. The van der Waals surface area contributed by atoms with Crippen molar-refractivity contribution in [3.63, 3.8) is 0 Å². The number of sulfonamides is 1. The lowest BCUT2D eigenvalue weighted by Crippen LogP contribution is -2.37. The molecular weight excluding hydrogens is 367 g/mol. The fraction of sp³-hybridized carbons (Fsp3) is 0.400. The van der Waals surface area contributed by atoms with Crippen molar-refractivity contribution in [3.05, 3.63) is 59.4 Å². The first-order chi connectivity index (χ1) is 12.9. The van der Waals surface area contributed by atoms with Gasteiger partial charge in [-0.15, -0.1) is 0 Å². The molecule has 0 amide bonds. The van der Waals surface area contributed by atoms with Crippen LogP contribution in [0.25, 0.3) is 0 Å². The number of likely N-dealkylation sites (tertiary alicyclic amines) is 1. The van der Waals surface area contributed by atoms with Crippen LogP contribution < -0.4 is 9.46 Å². The van der Waals surface area contributed by atoms with E-state index in [2.05, 4.69) is 9.62 Å². The Morgan fingerprint density at radius 2 is 1.81 bits per heavy atom. The third-order valence-electron chi connectivity index (χ3n) is 4.99. The van der Waals surface area contributed by atoms with Crippen LogP contribution in [-0.4, -0.2) is 40.1 Å². The van der Waals surface area contributed by atoms with Crippen LogP contribution in [0.15, 0.2) is 47.4 Å². The van der Waals surface area contributed by atoms with Crippen molar-refractivity contribution in [2.45, 2.75) is 30.7 Å². The van der Waals surface area contributed by atoms with Crippen LogP contribution in [0.3, 0.4) is 0 Å². The van der Waals surface area contributed by atoms with Gasteiger partial charge in [0.2, 0.25) is 10.0 Å². The number of ether oxygens (including phenoxy) is 1. The average molecular weight is 392 g/mol. The summed E-state index contributed by atoms with van der Waals surface area (Å²) in [7, 11) is -2.19. The second-order valence-corrected chi connectivity index (χ2v) is 8.53. The summed E-state index contributed by atoms with van der Waals surface area (Å²) in [5.41, 5.74) is 1.54. The number of aryl methyl sites for hydroxylation is 1. The summed E-state index contributed by atoms with van der Waals surface area (Å²) in [6, 6.07) is 11.4. The third kappa shape index (κ3) is 4.66. The predicted molar refractivity (Wildman–Crippen MR) is 103 cm³/mol. The molecule has 0 aromatic heterocycles. The van der Waals surface area contributed by atoms with Crippen molar-refractivity contribution in [2.24, 2.45) is 0 Å². The molecule has 1 N–H and O–H groups in total. The number of hydrogen-bond donors (Lipinski definition) is 1. The normalized spacial score (nSPS) is 16.4. The molecule has 1 fully saturated rings. The highest BCUT2D eigenvalue weighted by Gasteiger charge is 2.26. The zero-order valence-electron chi connectivity index (χ0n) is 15.6. The van der Waals surface area contributed by atoms with Crippen LogP contribution >= 0.6 is 0 Å². The van der Waals surface area contributed by atoms with E-state index < -0.39 is 15.8 Å². The lowest BCUT2D eigenvalue weighted by atomic mass is 10.1. The summed E-state index contributed by atoms with van der Waals surface area (Å²) in [6.45, 7) is 3.74. The molecule has 7 heteroatoms. The lowest BCUT2D eigenvalue weighted by Gasteiger charge is -2.28. The van der Waals surface area contributed by atoms with Gasteiger partial charge in [0.25, 0.3) is 0 Å². The molecule has 0 spiro atoms. The molecule has 1 aliphatic rings. The molecule has 146 valence electrons. The van der Waals surface area contributed by atoms with Crippen molar-refractivity contribution in [2.75, 3.05) is 26.7 Å². The van der Waals surface area contributed by atoms with E-state index in [1.165, 1.54) is 12.1 Å². The largest absolute Gasteiger partial charge is 0.497 e. The Kier molecular flexibility index (Phi) is 6.14. The predicted octanol–water partition coefficient (Wildman–Crippen LogP) is 3.26. The van der Waals surface area contributed by atoms with E-state index in [0.29, 0.717) is 5.56 Å². The molecule has 0 bridgehead atoms. The smallest absolute Gasteiger partial charge is 0.240 e. The first-order valence-electron chi connectivity index (χ1n) is 9.04. The number of hydrogen-bond acceptors (Lipinski definition) is 4. The molecule has 5 nitrogen and oxygen atoms in total. The van der Waals surface area contributed by atoms with E-state index in [9.17, 15) is 12.8 Å². The highest BCUT2D eigenvalue weighted by atomic mass is 32.2. The van der Waals surface area contributed by atoms with Crippen molar-refractivity contribution in [3.8, 4) is 5.75 Å². The first kappa shape index (κ1) is 19.8. The van der Waals surface area contributed by atoms with Gasteiger partial charge in [-0.05, 0) is 68.2 Å². The van der Waals surface area contributed by atoms with Gasteiger partial charge in [-0.1, -0.05) is 18.2 Å². The zero-order valence-corrected chi connectivity index (χ0v) is 16.4. The van der Waals surface area contributed by atoms with E-state index in [-0.39, 0.29) is 17.5 Å². The van der Waals surface area contributed by atoms with E-state index in [0.717, 1.165) is 43.3 Å². The topological polar surface area (TPSA) is 58.6 Å². The van der Waals surface area contributed by atoms with Gasteiger partial charge in [-0.3, -0.25) is 4.90 Å². The standard InChI is InChI=1S/C20H25FN2O3S/c1-15-5-8-17(21)13-20(15)27(24,25)22-14-19(23-11-3-4-12-23)16-6-9-18(26-2)10-7-16/h5-10,13,19,22H,3-4,11-12,14H2,1-2H3. The van der Waals surface area contributed by atoms with E-state index >= 15 is 0 Å². The summed E-state index contributed by atoms with van der Waals surface area (Å²) in [5, 5.41) is 0. The number of rotatable bonds is 7. The molecule has 27 heavy (non-hydrogen) atoms. The molecule has 1 unspecified atom stereocenters. The molecule has 3 rings (SSSR count). The molecule has 1 atom stereocenters. The summed E-state index contributed by atoms with van der Waals surface area (Å²) >= 11 is 0. The van der Waals surface area contributed by atoms with Gasteiger partial charge in [0.15, 0.2) is 0 Å². The van der Waals surface area contributed by atoms with Crippen LogP contribution in [0.1, 0.15) is 30.0 Å². The van der Waals surface area contributed by atoms with Gasteiger partial charge in [-0.25, -0.2) is 17.5 Å². The fourth-order valence-electron chi connectivity index (χ4n) is 3.47. The van der Waals surface area contributed by atoms with Gasteiger partial charge >= 0.3 is 0 Å². The van der Waals surface area contributed by atoms with Crippen molar-refractivity contribution >= 4 is 10.0 Å². The van der Waals surface area contributed by atoms with Crippen molar-refractivity contribution in [1.82, 2.24) is 9.62 Å². The molecular formula is C20H25FN2O3S.